The molecule has 3 heteroatoms. The first-order chi connectivity index (χ1) is 7.36. The second kappa shape index (κ2) is 3.42. The molecule has 2 aromatic rings. The maximum atomic E-state index is 3.59. The van der Waals surface area contributed by atoms with E-state index in [1.807, 2.05) is 0 Å². The molecular formula is C12H11BrN2+2. The van der Waals surface area contributed by atoms with E-state index in [9.17, 15) is 0 Å². The fraction of sp³-hybridized carbons (Fsp3) is 0.167. The number of fused-ring (bicyclic) bond motifs is 3. The Morgan fingerprint density at radius 2 is 1.80 bits per heavy atom. The monoisotopic (exact) mass is 262 g/mol. The Balaban J connectivity index is 2.30. The molecule has 0 radical (unpaired) electrons. The molecule has 0 unspecified atom stereocenters. The molecule has 0 spiro atoms. The Morgan fingerprint density at radius 3 is 2.73 bits per heavy atom. The first kappa shape index (κ1) is 9.04. The van der Waals surface area contributed by atoms with Gasteiger partial charge in [-0.1, -0.05) is 0 Å². The van der Waals surface area contributed by atoms with E-state index in [0.29, 0.717) is 0 Å². The van der Waals surface area contributed by atoms with Crippen molar-refractivity contribution in [1.82, 2.24) is 0 Å². The summed E-state index contributed by atoms with van der Waals surface area (Å²) in [5.74, 6) is 0. The number of aromatic nitrogens is 2. The summed E-state index contributed by atoms with van der Waals surface area (Å²) in [7, 11) is 0. The summed E-state index contributed by atoms with van der Waals surface area (Å²) in [5, 5.41) is 0. The van der Waals surface area contributed by atoms with Crippen molar-refractivity contribution in [2.24, 2.45) is 0 Å². The van der Waals surface area contributed by atoms with Crippen LogP contribution in [0.25, 0.3) is 11.4 Å². The lowest BCUT2D eigenvalue weighted by atomic mass is 10.2. The molecule has 0 bridgehead atoms. The van der Waals surface area contributed by atoms with Crippen LogP contribution in [0.15, 0.2) is 47.2 Å². The van der Waals surface area contributed by atoms with Crippen molar-refractivity contribution in [2.75, 3.05) is 0 Å². The molecule has 74 valence electrons. The van der Waals surface area contributed by atoms with Gasteiger partial charge < -0.3 is 0 Å². The fourth-order valence-corrected chi connectivity index (χ4v) is 2.60. The van der Waals surface area contributed by atoms with Crippen molar-refractivity contribution >= 4 is 15.9 Å². The molecule has 3 heterocycles. The number of pyridine rings is 2. The summed E-state index contributed by atoms with van der Waals surface area (Å²) in [6.07, 6.45) is 2.14. The minimum absolute atomic E-state index is 1.03. The van der Waals surface area contributed by atoms with Gasteiger partial charge in [0.15, 0.2) is 6.20 Å². The van der Waals surface area contributed by atoms with Gasteiger partial charge in [-0.05, 0) is 12.1 Å². The molecule has 0 amide bonds. The number of aryl methyl sites for hydroxylation is 1. The van der Waals surface area contributed by atoms with Crippen LogP contribution in [0.4, 0.5) is 0 Å². The van der Waals surface area contributed by atoms with Gasteiger partial charge in [0, 0.05) is 40.2 Å². The molecule has 3 rings (SSSR count). The second-order valence-corrected chi connectivity index (χ2v) is 4.48. The van der Waals surface area contributed by atoms with Gasteiger partial charge in [0.1, 0.15) is 0 Å². The lowest BCUT2D eigenvalue weighted by Gasteiger charge is -2.09. The molecule has 1 aliphatic rings. The van der Waals surface area contributed by atoms with Crippen LogP contribution in [-0.2, 0) is 13.1 Å². The zero-order valence-corrected chi connectivity index (χ0v) is 9.81. The minimum atomic E-state index is 1.03. The van der Waals surface area contributed by atoms with E-state index >= 15 is 0 Å². The van der Waals surface area contributed by atoms with Crippen LogP contribution in [0.1, 0.15) is 0 Å². The summed E-state index contributed by atoms with van der Waals surface area (Å²) in [6.45, 7) is 2.06. The average Bonchev–Trinajstić information content (AvgIpc) is 2.29. The SMILES string of the molecule is Brc1cccc2[n+]1CC[n+]1ccccc1-2. The highest BCUT2D eigenvalue weighted by Crippen LogP contribution is 2.16. The van der Waals surface area contributed by atoms with Crippen LogP contribution in [0.3, 0.4) is 0 Å². The normalized spacial score (nSPS) is 13.1. The van der Waals surface area contributed by atoms with Crippen LogP contribution >= 0.6 is 15.9 Å². The summed E-state index contributed by atoms with van der Waals surface area (Å²) in [6, 6.07) is 12.7. The molecule has 0 saturated carbocycles. The maximum Gasteiger partial charge on any atom is 0.278 e. The Hall–Kier alpha value is -1.22. The van der Waals surface area contributed by atoms with Crippen LogP contribution in [-0.4, -0.2) is 0 Å². The standard InChI is InChI=1S/C12H11BrN2/c13-12-6-3-5-11-10-4-1-2-7-14(10)8-9-15(11)12/h1-7H,8-9H2/q+2. The molecular weight excluding hydrogens is 252 g/mol. The molecule has 0 saturated heterocycles. The molecule has 0 fully saturated rings. The van der Waals surface area contributed by atoms with Gasteiger partial charge >= 0.3 is 0 Å². The number of halogens is 1. The van der Waals surface area contributed by atoms with Gasteiger partial charge in [-0.2, -0.15) is 9.13 Å². The molecule has 2 aromatic heterocycles. The van der Waals surface area contributed by atoms with E-state index in [4.69, 9.17) is 0 Å². The number of hydrogen-bond donors (Lipinski definition) is 0. The zero-order chi connectivity index (χ0) is 10.3. The predicted molar refractivity (Wildman–Crippen MR) is 60.0 cm³/mol. The lowest BCUT2D eigenvalue weighted by Crippen LogP contribution is -2.53. The minimum Gasteiger partial charge on any atom is -0.187 e. The predicted octanol–water partition coefficient (Wildman–Crippen LogP) is 1.70. The lowest BCUT2D eigenvalue weighted by molar-refractivity contribution is -0.799. The second-order valence-electron chi connectivity index (χ2n) is 3.66. The van der Waals surface area contributed by atoms with E-state index < -0.39 is 0 Å². The van der Waals surface area contributed by atoms with Crippen LogP contribution in [0.2, 0.25) is 0 Å². The van der Waals surface area contributed by atoms with Crippen molar-refractivity contribution in [3.8, 4) is 11.4 Å². The maximum absolute atomic E-state index is 3.59. The highest BCUT2D eigenvalue weighted by Gasteiger charge is 2.29. The first-order valence-electron chi connectivity index (χ1n) is 5.03. The molecule has 2 nitrogen and oxygen atoms in total. The Labute approximate surface area is 96.9 Å². The number of nitrogens with zero attached hydrogens (tertiary/aromatic N) is 2. The van der Waals surface area contributed by atoms with E-state index in [2.05, 4.69) is 67.7 Å². The van der Waals surface area contributed by atoms with Crippen molar-refractivity contribution in [3.63, 3.8) is 0 Å². The van der Waals surface area contributed by atoms with Gasteiger partial charge in [-0.3, -0.25) is 0 Å². The molecule has 0 N–H and O–H groups in total. The Bertz CT molecular complexity index is 523. The van der Waals surface area contributed by atoms with Crippen LogP contribution < -0.4 is 9.13 Å². The molecule has 0 atom stereocenters. The molecule has 1 aliphatic heterocycles. The van der Waals surface area contributed by atoms with Gasteiger partial charge in [-0.25, -0.2) is 0 Å². The van der Waals surface area contributed by atoms with Crippen LogP contribution in [0.5, 0.6) is 0 Å². The molecule has 15 heavy (non-hydrogen) atoms. The van der Waals surface area contributed by atoms with Crippen LogP contribution in [0, 0.1) is 0 Å². The third kappa shape index (κ3) is 1.38. The summed E-state index contributed by atoms with van der Waals surface area (Å²) in [5.41, 5.74) is 2.56. The van der Waals surface area contributed by atoms with Gasteiger partial charge in [0.25, 0.3) is 11.4 Å². The number of rotatable bonds is 0. The molecule has 0 aromatic carbocycles. The smallest absolute Gasteiger partial charge is 0.187 e. The quantitative estimate of drug-likeness (QED) is 0.505. The largest absolute Gasteiger partial charge is 0.278 e. The van der Waals surface area contributed by atoms with E-state index in [1.165, 1.54) is 11.4 Å². The third-order valence-corrected chi connectivity index (χ3v) is 3.50. The Kier molecular flexibility index (Phi) is 2.06. The fourth-order valence-electron chi connectivity index (χ4n) is 2.08. The van der Waals surface area contributed by atoms with Crippen molar-refractivity contribution in [2.45, 2.75) is 13.1 Å². The van der Waals surface area contributed by atoms with Crippen molar-refractivity contribution in [3.05, 3.63) is 47.2 Å². The summed E-state index contributed by atoms with van der Waals surface area (Å²) < 4.78 is 5.74. The first-order valence-corrected chi connectivity index (χ1v) is 5.83. The van der Waals surface area contributed by atoms with Crippen molar-refractivity contribution < 1.29 is 9.13 Å². The van der Waals surface area contributed by atoms with E-state index in [1.54, 1.807) is 0 Å². The summed E-state index contributed by atoms with van der Waals surface area (Å²) >= 11 is 3.59. The van der Waals surface area contributed by atoms with E-state index in [-0.39, 0.29) is 0 Å². The molecule has 0 aliphatic carbocycles. The zero-order valence-electron chi connectivity index (χ0n) is 8.23. The topological polar surface area (TPSA) is 7.76 Å². The average molecular weight is 263 g/mol. The summed E-state index contributed by atoms with van der Waals surface area (Å²) in [4.78, 5) is 0. The van der Waals surface area contributed by atoms with Crippen molar-refractivity contribution in [1.29, 1.82) is 0 Å². The van der Waals surface area contributed by atoms with Gasteiger partial charge in [0.05, 0.1) is 0 Å². The highest BCUT2D eigenvalue weighted by molar-refractivity contribution is 9.10. The van der Waals surface area contributed by atoms with Gasteiger partial charge in [0.2, 0.25) is 17.7 Å². The highest BCUT2D eigenvalue weighted by atomic mass is 79.9. The Morgan fingerprint density at radius 1 is 0.933 bits per heavy atom. The third-order valence-electron chi connectivity index (χ3n) is 2.80. The van der Waals surface area contributed by atoms with Gasteiger partial charge in [-0.15, -0.1) is 0 Å². The number of hydrogen-bond acceptors (Lipinski definition) is 0. The van der Waals surface area contributed by atoms with E-state index in [0.717, 1.165) is 17.7 Å².